The molecule has 0 aliphatic carbocycles. The van der Waals surface area contributed by atoms with E-state index in [1.807, 2.05) is 90.3 Å². The first kappa shape index (κ1) is 60.6. The Morgan fingerprint density at radius 3 is 1.52 bits per heavy atom. The number of nitrogens with zero attached hydrogens (tertiary/aromatic N) is 4. The zero-order chi connectivity index (χ0) is 54.3. The molecule has 0 bridgehead atoms. The third-order valence-corrected chi connectivity index (χ3v) is 14.7. The predicted molar refractivity (Wildman–Crippen MR) is 281 cm³/mol. The number of likely N-dealkylation sites (tertiary alicyclic amines) is 2. The number of hydrogen-bond donors (Lipinski definition) is 3. The van der Waals surface area contributed by atoms with E-state index in [1.165, 1.54) is 6.07 Å². The average molecular weight is 1020 g/mol. The molecule has 2 aromatic carbocycles. The van der Waals surface area contributed by atoms with Gasteiger partial charge in [-0.05, 0) is 99.9 Å². The molecule has 408 valence electrons. The maximum absolute atomic E-state index is 14.2. The van der Waals surface area contributed by atoms with Crippen LogP contribution in [0.1, 0.15) is 168 Å². The van der Waals surface area contributed by atoms with E-state index in [4.69, 9.17) is 0 Å². The van der Waals surface area contributed by atoms with Gasteiger partial charge in [0.1, 0.15) is 12.1 Å². The maximum atomic E-state index is 14.2. The summed E-state index contributed by atoms with van der Waals surface area (Å²) in [5, 5.41) is 8.93. The lowest BCUT2D eigenvalue weighted by Gasteiger charge is -2.37. The van der Waals surface area contributed by atoms with Crippen molar-refractivity contribution in [1.29, 1.82) is 0 Å². The van der Waals surface area contributed by atoms with Crippen LogP contribution in [0.5, 0.6) is 0 Å². The minimum Gasteiger partial charge on any atom is -0.344 e. The normalized spacial score (nSPS) is 17.9. The quantitative estimate of drug-likeness (QED) is 0.0840. The number of likely N-dealkylation sites (N-methyl/N-ethyl adjacent to an activating group) is 1. The van der Waals surface area contributed by atoms with E-state index in [9.17, 15) is 41.9 Å². The fourth-order valence-corrected chi connectivity index (χ4v) is 9.82. The molecule has 4 rings (SSSR count). The number of hydrogen-bond acceptors (Lipinski definition) is 7. The molecule has 0 aromatic heterocycles. The smallest absolute Gasteiger partial charge is 0.344 e. The van der Waals surface area contributed by atoms with Crippen LogP contribution in [0.15, 0.2) is 48.5 Å². The first-order valence-corrected chi connectivity index (χ1v) is 26.9. The summed E-state index contributed by atoms with van der Waals surface area (Å²) in [5.74, 6) is -1.26. The molecule has 16 heteroatoms. The van der Waals surface area contributed by atoms with Crippen molar-refractivity contribution < 1.29 is 41.9 Å². The van der Waals surface area contributed by atoms with E-state index in [0.29, 0.717) is 70.3 Å². The van der Waals surface area contributed by atoms with E-state index < -0.39 is 40.7 Å². The Kier molecular flexibility index (Phi) is 22.8. The molecule has 2 aliphatic heterocycles. The first-order valence-electron chi connectivity index (χ1n) is 26.9. The molecule has 0 radical (unpaired) electrons. The van der Waals surface area contributed by atoms with Crippen molar-refractivity contribution in [3.8, 4) is 0 Å². The second-order valence-electron chi connectivity index (χ2n) is 22.9. The number of carbonyl (C=O) groups excluding carboxylic acids is 6. The van der Waals surface area contributed by atoms with E-state index in [0.717, 1.165) is 61.8 Å². The molecule has 6 atom stereocenters. The van der Waals surface area contributed by atoms with Gasteiger partial charge >= 0.3 is 6.18 Å². The molecule has 0 spiro atoms. The lowest BCUT2D eigenvalue weighted by atomic mass is 9.85. The van der Waals surface area contributed by atoms with Gasteiger partial charge in [-0.15, -0.1) is 0 Å². The maximum Gasteiger partial charge on any atom is 0.416 e. The number of alkyl halides is 3. The van der Waals surface area contributed by atoms with Crippen molar-refractivity contribution in [2.24, 2.45) is 16.7 Å². The van der Waals surface area contributed by atoms with Crippen LogP contribution in [0, 0.1) is 23.7 Å². The van der Waals surface area contributed by atoms with Crippen LogP contribution in [0.4, 0.5) is 13.2 Å². The summed E-state index contributed by atoms with van der Waals surface area (Å²) in [6.07, 6.45) is 4.00. The number of carbonyl (C=O) groups is 6. The molecular weight excluding hydrogens is 936 g/mol. The van der Waals surface area contributed by atoms with Crippen LogP contribution >= 0.6 is 0 Å². The largest absolute Gasteiger partial charge is 0.416 e. The van der Waals surface area contributed by atoms with Crippen LogP contribution in [-0.2, 0) is 48.0 Å². The highest BCUT2D eigenvalue weighted by Crippen LogP contribution is 2.32. The molecule has 0 saturated carbocycles. The molecule has 13 nitrogen and oxygen atoms in total. The van der Waals surface area contributed by atoms with Gasteiger partial charge in [0.15, 0.2) is 0 Å². The Balaban J connectivity index is 1.37. The molecule has 2 heterocycles. The zero-order valence-electron chi connectivity index (χ0n) is 45.9. The zero-order valence-corrected chi connectivity index (χ0v) is 45.9. The van der Waals surface area contributed by atoms with E-state index in [2.05, 4.69) is 22.0 Å². The summed E-state index contributed by atoms with van der Waals surface area (Å²) in [6.45, 7) is 21.0. The summed E-state index contributed by atoms with van der Waals surface area (Å²) in [6, 6.07) is 10.6. The van der Waals surface area contributed by atoms with Gasteiger partial charge < -0.3 is 35.6 Å². The lowest BCUT2D eigenvalue weighted by Crippen LogP contribution is -2.59. The van der Waals surface area contributed by atoms with Crippen molar-refractivity contribution >= 4 is 35.4 Å². The number of nitrogens with one attached hydrogen (secondary N) is 3. The third kappa shape index (κ3) is 18.4. The van der Waals surface area contributed by atoms with Crippen LogP contribution in [0.2, 0.25) is 0 Å². The van der Waals surface area contributed by atoms with Crippen LogP contribution in [0.3, 0.4) is 0 Å². The van der Waals surface area contributed by atoms with Gasteiger partial charge in [0.2, 0.25) is 35.4 Å². The van der Waals surface area contributed by atoms with Crippen molar-refractivity contribution in [3.63, 3.8) is 0 Å². The van der Waals surface area contributed by atoms with Gasteiger partial charge in [0.25, 0.3) is 0 Å². The Morgan fingerprint density at radius 2 is 1.10 bits per heavy atom. The van der Waals surface area contributed by atoms with Crippen LogP contribution in [-0.4, -0.2) is 118 Å². The second kappa shape index (κ2) is 27.5. The molecule has 0 unspecified atom stereocenters. The fraction of sp³-hybridized carbons (Fsp3) is 0.684. The molecule has 2 aliphatic rings. The van der Waals surface area contributed by atoms with E-state index in [-0.39, 0.29) is 73.0 Å². The molecule has 2 fully saturated rings. The van der Waals surface area contributed by atoms with E-state index in [1.54, 1.807) is 29.8 Å². The minimum absolute atomic E-state index is 0.0167. The van der Waals surface area contributed by atoms with Gasteiger partial charge in [-0.3, -0.25) is 28.8 Å². The van der Waals surface area contributed by atoms with Crippen molar-refractivity contribution in [3.05, 3.63) is 70.8 Å². The number of aryl methyl sites for hydroxylation is 1. The topological polar surface area (TPSA) is 151 Å². The summed E-state index contributed by atoms with van der Waals surface area (Å²) in [4.78, 5) is 89.6. The van der Waals surface area contributed by atoms with Crippen molar-refractivity contribution in [2.45, 2.75) is 202 Å². The highest BCUT2D eigenvalue weighted by molar-refractivity contribution is 5.91. The molecule has 73 heavy (non-hydrogen) atoms. The number of amides is 6. The second-order valence-corrected chi connectivity index (χ2v) is 22.9. The summed E-state index contributed by atoms with van der Waals surface area (Å²) >= 11 is 0. The highest BCUT2D eigenvalue weighted by atomic mass is 19.4. The lowest BCUT2D eigenvalue weighted by molar-refractivity contribution is -0.142. The van der Waals surface area contributed by atoms with Crippen molar-refractivity contribution in [1.82, 2.24) is 35.6 Å². The number of rotatable bonds is 25. The van der Waals surface area contributed by atoms with Crippen LogP contribution < -0.4 is 16.0 Å². The summed E-state index contributed by atoms with van der Waals surface area (Å²) in [7, 11) is 1.70. The summed E-state index contributed by atoms with van der Waals surface area (Å²) in [5.41, 5.74) is 0.531. The Bertz CT molecular complexity index is 2150. The number of halogens is 3. The summed E-state index contributed by atoms with van der Waals surface area (Å²) < 4.78 is 41.3. The van der Waals surface area contributed by atoms with Gasteiger partial charge in [-0.25, -0.2) is 0 Å². The molecule has 2 saturated heterocycles. The average Bonchev–Trinajstić information content (AvgIpc) is 4.00. The monoisotopic (exact) mass is 1020 g/mol. The molecule has 6 amide bonds. The predicted octanol–water partition coefficient (Wildman–Crippen LogP) is 9.19. The van der Waals surface area contributed by atoms with Gasteiger partial charge in [-0.1, -0.05) is 123 Å². The van der Waals surface area contributed by atoms with Gasteiger partial charge in [0.05, 0.1) is 11.6 Å². The Hall–Kier alpha value is -4.99. The first-order chi connectivity index (χ1) is 34.2. The fourth-order valence-electron chi connectivity index (χ4n) is 9.82. The third-order valence-electron chi connectivity index (χ3n) is 14.7. The number of benzene rings is 2. The highest BCUT2D eigenvalue weighted by Gasteiger charge is 2.43. The number of unbranched alkanes of at least 4 members (excludes halogenated alkanes) is 5. The van der Waals surface area contributed by atoms with E-state index >= 15 is 0 Å². The van der Waals surface area contributed by atoms with Crippen LogP contribution in [0.25, 0.3) is 0 Å². The molecule has 2 aromatic rings. The SMILES string of the molecule is CC[C@@H](C)C(=O)N[C@H](C(=O)N1CCC[C@H]1CN(Cc1cccc(C(F)(F)F)c1)C(=O)CCCCCCCCC(=O)N(Cc1cccc(C)c1)C[C@@H]1CCCN1C(=O)[C@@H](NC(=O)[C@H](C)NC)C(C)(C)C)C(C)(C)C. The minimum atomic E-state index is -4.54. The molecule has 3 N–H and O–H groups in total. The van der Waals surface area contributed by atoms with Gasteiger partial charge in [0, 0.05) is 70.1 Å². The Morgan fingerprint density at radius 1 is 0.658 bits per heavy atom. The standard InChI is InChI=1S/C57H88F3N7O6/c1-12-40(3)51(70)62-49(55(5,6)7)53(72)66-31-21-28-46(66)38-65(36-43-25-20-26-44(34-43)57(58,59)60)48(69)30-18-16-14-13-15-17-29-47(68)64(35-42-24-19-23-39(2)33-42)37-45-27-22-32-67(45)54(73)50(56(8,9)10)63-52(71)41(4)61-11/h19-20,23-26,33-34,40-41,45-46,49-50,61H,12-18,21-22,27-32,35-38H2,1-11H3,(H,62,70)(H,63,71)/t40-,41+,45+,46+,49-,50-/m1/s1. The Labute approximate surface area is 434 Å². The van der Waals surface area contributed by atoms with Crippen molar-refractivity contribution in [2.75, 3.05) is 33.2 Å². The molecular formula is C57H88F3N7O6. The van der Waals surface area contributed by atoms with Gasteiger partial charge in [-0.2, -0.15) is 13.2 Å².